The lowest BCUT2D eigenvalue weighted by Crippen LogP contribution is -2.02. The SMILES string of the molecule is CC(C)c1ccc(S(=O)Cc2ccnc(CN)c2)cc1. The van der Waals surface area contributed by atoms with Gasteiger partial charge in [0.15, 0.2) is 0 Å². The van der Waals surface area contributed by atoms with Crippen LogP contribution < -0.4 is 5.73 Å². The summed E-state index contributed by atoms with van der Waals surface area (Å²) in [5.74, 6) is 0.987. The van der Waals surface area contributed by atoms with Crippen LogP contribution in [0.2, 0.25) is 0 Å². The molecule has 0 amide bonds. The van der Waals surface area contributed by atoms with Crippen molar-refractivity contribution in [3.63, 3.8) is 0 Å². The van der Waals surface area contributed by atoms with Crippen molar-refractivity contribution in [3.05, 3.63) is 59.4 Å². The Morgan fingerprint density at radius 1 is 1.20 bits per heavy atom. The van der Waals surface area contributed by atoms with E-state index in [1.165, 1.54) is 5.56 Å². The van der Waals surface area contributed by atoms with Crippen LogP contribution in [0.4, 0.5) is 0 Å². The van der Waals surface area contributed by atoms with Gasteiger partial charge in [-0.1, -0.05) is 26.0 Å². The van der Waals surface area contributed by atoms with Crippen molar-refractivity contribution < 1.29 is 4.21 Å². The third-order valence-corrected chi connectivity index (χ3v) is 4.59. The lowest BCUT2D eigenvalue weighted by atomic mass is 10.0. The van der Waals surface area contributed by atoms with E-state index in [0.717, 1.165) is 16.2 Å². The number of nitrogens with two attached hydrogens (primary N) is 1. The third-order valence-electron chi connectivity index (χ3n) is 3.20. The minimum atomic E-state index is -1.03. The molecule has 0 fully saturated rings. The Labute approximate surface area is 122 Å². The van der Waals surface area contributed by atoms with Crippen molar-refractivity contribution in [2.45, 2.75) is 37.0 Å². The van der Waals surface area contributed by atoms with Crippen molar-refractivity contribution in [1.82, 2.24) is 4.98 Å². The molecule has 0 aliphatic heterocycles. The Balaban J connectivity index is 2.11. The summed E-state index contributed by atoms with van der Waals surface area (Å²) < 4.78 is 12.4. The third kappa shape index (κ3) is 3.74. The summed E-state index contributed by atoms with van der Waals surface area (Å²) in [4.78, 5) is 5.01. The topological polar surface area (TPSA) is 56.0 Å². The Hall–Kier alpha value is -1.52. The van der Waals surface area contributed by atoms with Gasteiger partial charge in [0, 0.05) is 17.6 Å². The molecule has 3 nitrogen and oxygen atoms in total. The van der Waals surface area contributed by atoms with Gasteiger partial charge in [-0.3, -0.25) is 9.19 Å². The molecule has 0 bridgehead atoms. The Bertz CT molecular complexity index is 594. The second-order valence-corrected chi connectivity index (χ2v) is 6.52. The molecule has 1 atom stereocenters. The van der Waals surface area contributed by atoms with Crippen molar-refractivity contribution in [2.24, 2.45) is 5.73 Å². The fourth-order valence-electron chi connectivity index (χ4n) is 1.97. The molecule has 0 aliphatic carbocycles. The van der Waals surface area contributed by atoms with E-state index in [0.29, 0.717) is 18.2 Å². The minimum Gasteiger partial charge on any atom is -0.325 e. The zero-order valence-corrected chi connectivity index (χ0v) is 12.7. The van der Waals surface area contributed by atoms with Gasteiger partial charge in [0.05, 0.1) is 22.2 Å². The largest absolute Gasteiger partial charge is 0.325 e. The molecule has 0 spiro atoms. The first-order valence-corrected chi connectivity index (χ1v) is 8.04. The molecule has 4 heteroatoms. The van der Waals surface area contributed by atoms with Crippen LogP contribution in [-0.4, -0.2) is 9.19 Å². The molecule has 106 valence electrons. The van der Waals surface area contributed by atoms with Gasteiger partial charge in [0.1, 0.15) is 0 Å². The first-order chi connectivity index (χ1) is 9.60. The summed E-state index contributed by atoms with van der Waals surface area (Å²) in [6, 6.07) is 11.8. The molecular formula is C16H20N2OS. The normalized spacial score (nSPS) is 12.6. The molecule has 0 aliphatic rings. The second-order valence-electron chi connectivity index (χ2n) is 5.07. The van der Waals surface area contributed by atoms with E-state index in [2.05, 4.69) is 31.0 Å². The van der Waals surface area contributed by atoms with E-state index in [-0.39, 0.29) is 0 Å². The van der Waals surface area contributed by atoms with Gasteiger partial charge in [0.25, 0.3) is 0 Å². The maximum absolute atomic E-state index is 12.4. The molecule has 2 rings (SSSR count). The number of nitrogens with zero attached hydrogens (tertiary/aromatic N) is 1. The standard InChI is InChI=1S/C16H20N2OS/c1-12(2)14-3-5-16(6-4-14)20(19)11-13-7-8-18-15(9-13)10-17/h3-9,12H,10-11,17H2,1-2H3. The Morgan fingerprint density at radius 3 is 2.50 bits per heavy atom. The van der Waals surface area contributed by atoms with E-state index in [9.17, 15) is 4.21 Å². The lowest BCUT2D eigenvalue weighted by molar-refractivity contribution is 0.682. The quantitative estimate of drug-likeness (QED) is 0.920. The van der Waals surface area contributed by atoms with Crippen LogP contribution in [0.3, 0.4) is 0 Å². The number of aromatic nitrogens is 1. The highest BCUT2D eigenvalue weighted by atomic mass is 32.2. The summed E-state index contributed by atoms with van der Waals surface area (Å²) in [5.41, 5.74) is 8.67. The Morgan fingerprint density at radius 2 is 1.90 bits per heavy atom. The average molecular weight is 288 g/mol. The summed E-state index contributed by atoms with van der Waals surface area (Å²) in [5, 5.41) is 0. The van der Waals surface area contributed by atoms with E-state index in [1.807, 2.05) is 24.3 Å². The van der Waals surface area contributed by atoms with E-state index in [1.54, 1.807) is 6.20 Å². The summed E-state index contributed by atoms with van der Waals surface area (Å²) in [6.07, 6.45) is 1.72. The highest BCUT2D eigenvalue weighted by Gasteiger charge is 2.07. The summed E-state index contributed by atoms with van der Waals surface area (Å²) in [7, 11) is -1.03. The summed E-state index contributed by atoms with van der Waals surface area (Å²) in [6.45, 7) is 4.71. The molecule has 2 aromatic rings. The van der Waals surface area contributed by atoms with Gasteiger partial charge >= 0.3 is 0 Å². The molecule has 1 unspecified atom stereocenters. The number of pyridine rings is 1. The first-order valence-electron chi connectivity index (χ1n) is 6.72. The predicted octanol–water partition coefficient (Wildman–Crippen LogP) is 2.97. The first kappa shape index (κ1) is 14.9. The molecule has 0 radical (unpaired) electrons. The van der Waals surface area contributed by atoms with Crippen LogP contribution in [0.15, 0.2) is 47.5 Å². The number of hydrogen-bond acceptors (Lipinski definition) is 3. The fraction of sp³-hybridized carbons (Fsp3) is 0.312. The molecule has 1 aromatic carbocycles. The highest BCUT2D eigenvalue weighted by Crippen LogP contribution is 2.18. The van der Waals surface area contributed by atoms with E-state index < -0.39 is 10.8 Å². The number of benzene rings is 1. The Kier molecular flexibility index (Phi) is 5.04. The van der Waals surface area contributed by atoms with Gasteiger partial charge in [0.2, 0.25) is 0 Å². The molecule has 2 N–H and O–H groups in total. The van der Waals surface area contributed by atoms with Crippen LogP contribution >= 0.6 is 0 Å². The molecule has 1 aromatic heterocycles. The van der Waals surface area contributed by atoms with Crippen LogP contribution in [0.1, 0.15) is 36.6 Å². The van der Waals surface area contributed by atoms with Gasteiger partial charge in [-0.15, -0.1) is 0 Å². The fourth-order valence-corrected chi connectivity index (χ4v) is 3.06. The maximum atomic E-state index is 12.4. The van der Waals surface area contributed by atoms with Gasteiger partial charge in [-0.05, 0) is 41.3 Å². The molecule has 0 saturated heterocycles. The van der Waals surface area contributed by atoms with Crippen molar-refractivity contribution in [3.8, 4) is 0 Å². The van der Waals surface area contributed by atoms with Gasteiger partial charge in [-0.25, -0.2) is 0 Å². The maximum Gasteiger partial charge on any atom is 0.0574 e. The van der Waals surface area contributed by atoms with Gasteiger partial charge < -0.3 is 5.73 Å². The zero-order valence-electron chi connectivity index (χ0n) is 11.9. The molecular weight excluding hydrogens is 268 g/mol. The number of rotatable bonds is 5. The molecule has 20 heavy (non-hydrogen) atoms. The van der Waals surface area contributed by atoms with Crippen molar-refractivity contribution in [1.29, 1.82) is 0 Å². The van der Waals surface area contributed by atoms with E-state index in [4.69, 9.17) is 5.73 Å². The van der Waals surface area contributed by atoms with Crippen LogP contribution in [0.5, 0.6) is 0 Å². The smallest absolute Gasteiger partial charge is 0.0574 e. The minimum absolute atomic E-state index is 0.406. The highest BCUT2D eigenvalue weighted by molar-refractivity contribution is 7.84. The lowest BCUT2D eigenvalue weighted by Gasteiger charge is -2.07. The number of hydrogen-bond donors (Lipinski definition) is 1. The van der Waals surface area contributed by atoms with Crippen molar-refractivity contribution in [2.75, 3.05) is 0 Å². The second kappa shape index (κ2) is 6.77. The zero-order chi connectivity index (χ0) is 14.5. The predicted molar refractivity (Wildman–Crippen MR) is 82.8 cm³/mol. The van der Waals surface area contributed by atoms with Crippen molar-refractivity contribution >= 4 is 10.8 Å². The van der Waals surface area contributed by atoms with Crippen LogP contribution in [-0.2, 0) is 23.1 Å². The molecule has 0 saturated carbocycles. The summed E-state index contributed by atoms with van der Waals surface area (Å²) >= 11 is 0. The van der Waals surface area contributed by atoms with E-state index >= 15 is 0 Å². The van der Waals surface area contributed by atoms with Crippen LogP contribution in [0.25, 0.3) is 0 Å². The van der Waals surface area contributed by atoms with Gasteiger partial charge in [-0.2, -0.15) is 0 Å². The van der Waals surface area contributed by atoms with Crippen LogP contribution in [0, 0.1) is 0 Å². The average Bonchev–Trinajstić information content (AvgIpc) is 2.47. The monoisotopic (exact) mass is 288 g/mol. The molecule has 1 heterocycles.